The molecule has 3 aromatic rings. The van der Waals surface area contributed by atoms with E-state index in [1.807, 2.05) is 30.3 Å². The summed E-state index contributed by atoms with van der Waals surface area (Å²) >= 11 is 0. The van der Waals surface area contributed by atoms with Crippen LogP contribution in [0.25, 0.3) is 0 Å². The van der Waals surface area contributed by atoms with Crippen LogP contribution in [0.5, 0.6) is 5.75 Å². The molecule has 1 atom stereocenters. The van der Waals surface area contributed by atoms with Gasteiger partial charge in [0.15, 0.2) is 0 Å². The number of aryl methyl sites for hydroxylation is 1. The molecule has 7 nitrogen and oxygen atoms in total. The van der Waals surface area contributed by atoms with Crippen LogP contribution in [-0.4, -0.2) is 36.2 Å². The third-order valence-corrected chi connectivity index (χ3v) is 5.79. The van der Waals surface area contributed by atoms with Gasteiger partial charge in [0.1, 0.15) is 11.6 Å². The molecule has 1 fully saturated rings. The smallest absolute Gasteiger partial charge is 0.229 e. The average molecular weight is 443 g/mol. The Bertz CT molecular complexity index is 1110. The van der Waals surface area contributed by atoms with Crippen LogP contribution < -0.4 is 20.3 Å². The Labute approximate surface area is 195 Å². The fourth-order valence-corrected chi connectivity index (χ4v) is 4.02. The van der Waals surface area contributed by atoms with E-state index in [-0.39, 0.29) is 0 Å². The highest BCUT2D eigenvalue weighted by atomic mass is 16.5. The Morgan fingerprint density at radius 2 is 2.00 bits per heavy atom. The van der Waals surface area contributed by atoms with Crippen LogP contribution in [0.15, 0.2) is 54.6 Å². The van der Waals surface area contributed by atoms with Gasteiger partial charge in [0.05, 0.1) is 18.7 Å². The molecule has 2 N–H and O–H groups in total. The van der Waals surface area contributed by atoms with Gasteiger partial charge in [0, 0.05) is 43.1 Å². The summed E-state index contributed by atoms with van der Waals surface area (Å²) in [6.45, 7) is 4.84. The number of nitrogens with zero attached hydrogens (tertiary/aromatic N) is 4. The molecule has 170 valence electrons. The first-order chi connectivity index (χ1) is 16.2. The zero-order valence-corrected chi connectivity index (χ0v) is 19.2. The molecule has 0 amide bonds. The van der Waals surface area contributed by atoms with Crippen molar-refractivity contribution in [3.8, 4) is 11.8 Å². The lowest BCUT2D eigenvalue weighted by Crippen LogP contribution is -2.32. The fourth-order valence-electron chi connectivity index (χ4n) is 4.02. The maximum Gasteiger partial charge on any atom is 0.229 e. The Balaban J connectivity index is 1.43. The maximum atomic E-state index is 9.17. The van der Waals surface area contributed by atoms with Crippen molar-refractivity contribution >= 4 is 17.5 Å². The molecule has 4 rings (SSSR count). The molecule has 0 saturated carbocycles. The predicted octanol–water partition coefficient (Wildman–Crippen LogP) is 4.42. The first kappa shape index (κ1) is 22.6. The number of nitrogens with one attached hydrogen (secondary N) is 2. The Hall–Kier alpha value is -3.63. The fraction of sp³-hybridized carbons (Fsp3) is 0.346. The minimum absolute atomic E-state index is 0.403. The highest BCUT2D eigenvalue weighted by Crippen LogP contribution is 2.23. The predicted molar refractivity (Wildman–Crippen MR) is 131 cm³/mol. The molecule has 2 heterocycles. The number of methoxy groups -OCH3 is 1. The van der Waals surface area contributed by atoms with E-state index in [1.54, 1.807) is 13.2 Å². The lowest BCUT2D eigenvalue weighted by atomic mass is 10.2. The third kappa shape index (κ3) is 5.99. The molecule has 2 aromatic carbocycles. The van der Waals surface area contributed by atoms with E-state index in [2.05, 4.69) is 46.7 Å². The molecule has 0 radical (unpaired) electrons. The second kappa shape index (κ2) is 10.8. The van der Waals surface area contributed by atoms with Gasteiger partial charge in [0.2, 0.25) is 5.95 Å². The van der Waals surface area contributed by atoms with E-state index in [4.69, 9.17) is 20.0 Å². The van der Waals surface area contributed by atoms with Gasteiger partial charge >= 0.3 is 0 Å². The normalized spacial score (nSPS) is 15.3. The van der Waals surface area contributed by atoms with Crippen molar-refractivity contribution in [3.63, 3.8) is 0 Å². The molecule has 7 heteroatoms. The molecule has 1 aliphatic heterocycles. The van der Waals surface area contributed by atoms with Gasteiger partial charge in [-0.05, 0) is 48.7 Å². The van der Waals surface area contributed by atoms with Crippen molar-refractivity contribution in [3.05, 3.63) is 71.4 Å². The third-order valence-electron chi connectivity index (χ3n) is 5.79. The van der Waals surface area contributed by atoms with Crippen LogP contribution in [-0.2, 0) is 13.0 Å². The Kier molecular flexibility index (Phi) is 7.38. The first-order valence-corrected chi connectivity index (χ1v) is 11.4. The standard InChI is InChI=1S/C26H30N6O/c1-3-5-21-15-25(31-26(29-21)30-22-7-4-6-20(14-22)16-27)32-13-12-23(18-32)28-17-19-8-10-24(33-2)11-9-19/h4,6-11,14-15,23,28H,3,5,12-13,17-18H2,1-2H3,(H,29,30,31). The highest BCUT2D eigenvalue weighted by molar-refractivity contribution is 5.58. The van der Waals surface area contributed by atoms with Crippen LogP contribution in [0.1, 0.15) is 36.6 Å². The number of rotatable bonds is 9. The van der Waals surface area contributed by atoms with E-state index >= 15 is 0 Å². The van der Waals surface area contributed by atoms with Gasteiger partial charge in [0.25, 0.3) is 0 Å². The van der Waals surface area contributed by atoms with Gasteiger partial charge < -0.3 is 20.3 Å². The van der Waals surface area contributed by atoms with Crippen LogP contribution >= 0.6 is 0 Å². The van der Waals surface area contributed by atoms with Crippen molar-refractivity contribution in [1.82, 2.24) is 15.3 Å². The summed E-state index contributed by atoms with van der Waals surface area (Å²) in [5.41, 5.74) is 3.69. The topological polar surface area (TPSA) is 86.1 Å². The van der Waals surface area contributed by atoms with Crippen LogP contribution in [0, 0.1) is 11.3 Å². The van der Waals surface area contributed by atoms with E-state index in [1.165, 1.54) is 5.56 Å². The number of nitriles is 1. The lowest BCUT2D eigenvalue weighted by Gasteiger charge is -2.20. The van der Waals surface area contributed by atoms with Crippen molar-refractivity contribution in [2.45, 2.75) is 38.8 Å². The molecule has 0 spiro atoms. The zero-order chi connectivity index (χ0) is 23.0. The molecular formula is C26H30N6O. The van der Waals surface area contributed by atoms with Crippen molar-refractivity contribution in [2.75, 3.05) is 30.4 Å². The molecular weight excluding hydrogens is 412 g/mol. The van der Waals surface area contributed by atoms with Gasteiger partial charge in [-0.15, -0.1) is 0 Å². The summed E-state index contributed by atoms with van der Waals surface area (Å²) < 4.78 is 5.24. The number of benzene rings is 2. The molecule has 0 aliphatic carbocycles. The van der Waals surface area contributed by atoms with Crippen molar-refractivity contribution in [2.24, 2.45) is 0 Å². The van der Waals surface area contributed by atoms with Crippen molar-refractivity contribution in [1.29, 1.82) is 5.26 Å². The maximum absolute atomic E-state index is 9.17. The minimum Gasteiger partial charge on any atom is -0.497 e. The number of ether oxygens (including phenoxy) is 1. The van der Waals surface area contributed by atoms with Crippen LogP contribution in [0.3, 0.4) is 0 Å². The van der Waals surface area contributed by atoms with Gasteiger partial charge in [-0.25, -0.2) is 4.98 Å². The van der Waals surface area contributed by atoms with E-state index in [0.29, 0.717) is 17.6 Å². The van der Waals surface area contributed by atoms with Crippen molar-refractivity contribution < 1.29 is 4.74 Å². The van der Waals surface area contributed by atoms with E-state index in [9.17, 15) is 0 Å². The molecule has 1 unspecified atom stereocenters. The van der Waals surface area contributed by atoms with Gasteiger partial charge in [-0.2, -0.15) is 10.2 Å². The minimum atomic E-state index is 0.403. The second-order valence-corrected chi connectivity index (χ2v) is 8.27. The number of hydrogen-bond acceptors (Lipinski definition) is 7. The molecule has 0 bridgehead atoms. The summed E-state index contributed by atoms with van der Waals surface area (Å²) in [7, 11) is 1.68. The number of hydrogen-bond donors (Lipinski definition) is 2. The summed E-state index contributed by atoms with van der Waals surface area (Å²) in [4.78, 5) is 11.8. The molecule has 1 aromatic heterocycles. The SMILES string of the molecule is CCCc1cc(N2CCC(NCc3ccc(OC)cc3)C2)nc(Nc2cccc(C#N)c2)n1. The van der Waals surface area contributed by atoms with Crippen LogP contribution in [0.4, 0.5) is 17.5 Å². The Morgan fingerprint density at radius 1 is 1.15 bits per heavy atom. The lowest BCUT2D eigenvalue weighted by molar-refractivity contribution is 0.414. The summed E-state index contributed by atoms with van der Waals surface area (Å²) in [6.07, 6.45) is 2.98. The van der Waals surface area contributed by atoms with Crippen LogP contribution in [0.2, 0.25) is 0 Å². The first-order valence-electron chi connectivity index (χ1n) is 11.4. The Morgan fingerprint density at radius 3 is 2.76 bits per heavy atom. The number of aromatic nitrogens is 2. The van der Waals surface area contributed by atoms with Gasteiger partial charge in [-0.3, -0.25) is 0 Å². The van der Waals surface area contributed by atoms with E-state index < -0.39 is 0 Å². The molecule has 1 aliphatic rings. The summed E-state index contributed by atoms with van der Waals surface area (Å²) in [5, 5.41) is 16.1. The monoisotopic (exact) mass is 442 g/mol. The average Bonchev–Trinajstić information content (AvgIpc) is 3.32. The largest absolute Gasteiger partial charge is 0.497 e. The van der Waals surface area contributed by atoms with E-state index in [0.717, 1.165) is 61.8 Å². The van der Waals surface area contributed by atoms with Gasteiger partial charge in [-0.1, -0.05) is 31.5 Å². The molecule has 33 heavy (non-hydrogen) atoms. The summed E-state index contributed by atoms with van der Waals surface area (Å²) in [5.74, 6) is 2.39. The zero-order valence-electron chi connectivity index (χ0n) is 19.2. The quantitative estimate of drug-likeness (QED) is 0.507. The second-order valence-electron chi connectivity index (χ2n) is 8.27. The highest BCUT2D eigenvalue weighted by Gasteiger charge is 2.24. The summed E-state index contributed by atoms with van der Waals surface area (Å²) in [6, 6.07) is 20.2. The molecule has 1 saturated heterocycles. The number of anilines is 3.